The van der Waals surface area contributed by atoms with E-state index in [0.717, 1.165) is 35.9 Å². The van der Waals surface area contributed by atoms with E-state index in [-0.39, 0.29) is 0 Å². The van der Waals surface area contributed by atoms with Gasteiger partial charge in [0.05, 0.1) is 5.02 Å². The van der Waals surface area contributed by atoms with Gasteiger partial charge in [0.2, 0.25) is 0 Å². The molecule has 1 rings (SSSR count). The Hall–Kier alpha value is -0.800. The summed E-state index contributed by atoms with van der Waals surface area (Å²) in [6, 6.07) is 2.46. The molecule has 1 aromatic heterocycles. The summed E-state index contributed by atoms with van der Waals surface area (Å²) in [6.45, 7) is 8.25. The van der Waals surface area contributed by atoms with E-state index in [9.17, 15) is 0 Å². The van der Waals surface area contributed by atoms with Gasteiger partial charge in [-0.2, -0.15) is 0 Å². The van der Waals surface area contributed by atoms with Gasteiger partial charge in [-0.3, -0.25) is 0 Å². The van der Waals surface area contributed by atoms with E-state index in [4.69, 9.17) is 11.6 Å². The van der Waals surface area contributed by atoms with Crippen LogP contribution in [-0.2, 0) is 6.54 Å². The van der Waals surface area contributed by atoms with Crippen LogP contribution in [0.25, 0.3) is 0 Å². The van der Waals surface area contributed by atoms with Crippen LogP contribution < -0.4 is 10.2 Å². The molecule has 0 radical (unpaired) electrons. The zero-order valence-corrected chi connectivity index (χ0v) is 12.6. The fraction of sp³-hybridized carbons (Fsp3) is 0.643. The Morgan fingerprint density at radius 3 is 2.72 bits per heavy atom. The van der Waals surface area contributed by atoms with Gasteiger partial charge in [-0.05, 0) is 31.5 Å². The van der Waals surface area contributed by atoms with Crippen LogP contribution >= 0.6 is 11.6 Å². The SMILES string of the molecule is CCCC(C)N(C)c1ncc(CNCC)cc1Cl. The molecule has 0 aliphatic rings. The van der Waals surface area contributed by atoms with E-state index in [1.165, 1.54) is 6.42 Å². The van der Waals surface area contributed by atoms with Gasteiger partial charge in [0.25, 0.3) is 0 Å². The molecule has 1 unspecified atom stereocenters. The molecule has 3 nitrogen and oxygen atoms in total. The molecule has 1 heterocycles. The van der Waals surface area contributed by atoms with Crippen LogP contribution in [0, 0.1) is 0 Å². The molecule has 0 fully saturated rings. The molecule has 0 aromatic carbocycles. The highest BCUT2D eigenvalue weighted by atomic mass is 35.5. The Morgan fingerprint density at radius 1 is 1.44 bits per heavy atom. The van der Waals surface area contributed by atoms with E-state index in [2.05, 4.69) is 43.0 Å². The molecule has 0 aliphatic heterocycles. The molecular weight excluding hydrogens is 246 g/mol. The molecule has 0 spiro atoms. The molecule has 4 heteroatoms. The molecule has 0 amide bonds. The summed E-state index contributed by atoms with van der Waals surface area (Å²) in [5.74, 6) is 0.873. The second-order valence-electron chi connectivity index (χ2n) is 4.68. The quantitative estimate of drug-likeness (QED) is 0.822. The first-order valence-corrected chi connectivity index (χ1v) is 7.05. The largest absolute Gasteiger partial charge is 0.356 e. The number of anilines is 1. The highest BCUT2D eigenvalue weighted by Crippen LogP contribution is 2.25. The first-order valence-electron chi connectivity index (χ1n) is 6.68. The van der Waals surface area contributed by atoms with Crippen LogP contribution in [0.1, 0.15) is 39.2 Å². The Morgan fingerprint density at radius 2 is 2.17 bits per heavy atom. The number of hydrogen-bond acceptors (Lipinski definition) is 3. The average Bonchev–Trinajstić information content (AvgIpc) is 2.36. The molecule has 1 atom stereocenters. The molecular formula is C14H24ClN3. The first-order chi connectivity index (χ1) is 8.60. The predicted octanol–water partition coefficient (Wildman–Crippen LogP) is 3.47. The normalized spacial score (nSPS) is 12.5. The van der Waals surface area contributed by atoms with Gasteiger partial charge in [-0.1, -0.05) is 31.9 Å². The Labute approximate surface area is 116 Å². The van der Waals surface area contributed by atoms with Gasteiger partial charge in [-0.25, -0.2) is 4.98 Å². The van der Waals surface area contributed by atoms with Crippen LogP contribution in [0.4, 0.5) is 5.82 Å². The summed E-state index contributed by atoms with van der Waals surface area (Å²) in [7, 11) is 2.05. The van der Waals surface area contributed by atoms with Gasteiger partial charge >= 0.3 is 0 Å². The highest BCUT2D eigenvalue weighted by molar-refractivity contribution is 6.33. The minimum absolute atomic E-state index is 0.458. The molecule has 102 valence electrons. The summed E-state index contributed by atoms with van der Waals surface area (Å²) < 4.78 is 0. The molecule has 0 saturated heterocycles. The van der Waals surface area contributed by atoms with E-state index in [0.29, 0.717) is 6.04 Å². The minimum atomic E-state index is 0.458. The number of nitrogens with zero attached hydrogens (tertiary/aromatic N) is 2. The molecule has 1 aromatic rings. The zero-order chi connectivity index (χ0) is 13.5. The standard InChI is InChI=1S/C14H24ClN3/c1-5-7-11(3)18(4)14-13(15)8-12(10-17-14)9-16-6-2/h8,10-11,16H,5-7,9H2,1-4H3. The molecule has 18 heavy (non-hydrogen) atoms. The van der Waals surface area contributed by atoms with Crippen molar-refractivity contribution in [1.82, 2.24) is 10.3 Å². The molecule has 0 aliphatic carbocycles. The summed E-state index contributed by atoms with van der Waals surface area (Å²) in [5, 5.41) is 4.00. The molecule has 1 N–H and O–H groups in total. The second-order valence-corrected chi connectivity index (χ2v) is 5.09. The fourth-order valence-electron chi connectivity index (χ4n) is 1.92. The maximum Gasteiger partial charge on any atom is 0.147 e. The second kappa shape index (κ2) is 7.59. The van der Waals surface area contributed by atoms with Crippen molar-refractivity contribution in [2.45, 2.75) is 46.2 Å². The lowest BCUT2D eigenvalue weighted by Gasteiger charge is -2.26. The number of pyridine rings is 1. The number of halogens is 1. The van der Waals surface area contributed by atoms with Gasteiger partial charge in [0, 0.05) is 25.8 Å². The van der Waals surface area contributed by atoms with Crippen LogP contribution in [0.15, 0.2) is 12.3 Å². The zero-order valence-electron chi connectivity index (χ0n) is 11.8. The molecule has 0 bridgehead atoms. The lowest BCUT2D eigenvalue weighted by atomic mass is 10.1. The lowest BCUT2D eigenvalue weighted by Crippen LogP contribution is -2.29. The third-order valence-electron chi connectivity index (χ3n) is 3.16. The number of rotatable bonds is 7. The Balaban J connectivity index is 2.78. The van der Waals surface area contributed by atoms with Gasteiger partial charge in [-0.15, -0.1) is 0 Å². The van der Waals surface area contributed by atoms with Crippen molar-refractivity contribution in [3.05, 3.63) is 22.8 Å². The van der Waals surface area contributed by atoms with Gasteiger partial charge in [0.15, 0.2) is 0 Å². The third kappa shape index (κ3) is 4.14. The average molecular weight is 270 g/mol. The topological polar surface area (TPSA) is 28.2 Å². The van der Waals surface area contributed by atoms with Crippen molar-refractivity contribution in [3.8, 4) is 0 Å². The third-order valence-corrected chi connectivity index (χ3v) is 3.44. The summed E-state index contributed by atoms with van der Waals surface area (Å²) >= 11 is 6.32. The van der Waals surface area contributed by atoms with Crippen LogP contribution in [0.2, 0.25) is 5.02 Å². The van der Waals surface area contributed by atoms with E-state index in [1.807, 2.05) is 12.3 Å². The maximum atomic E-state index is 6.32. The van der Waals surface area contributed by atoms with Crippen molar-refractivity contribution in [2.75, 3.05) is 18.5 Å². The molecule has 0 saturated carbocycles. The number of aromatic nitrogens is 1. The lowest BCUT2D eigenvalue weighted by molar-refractivity contribution is 0.611. The summed E-state index contributed by atoms with van der Waals surface area (Å²) in [6.07, 6.45) is 4.22. The van der Waals surface area contributed by atoms with Crippen molar-refractivity contribution in [1.29, 1.82) is 0 Å². The predicted molar refractivity (Wildman–Crippen MR) is 79.4 cm³/mol. The number of nitrogens with one attached hydrogen (secondary N) is 1. The van der Waals surface area contributed by atoms with Crippen LogP contribution in [0.5, 0.6) is 0 Å². The Bertz CT molecular complexity index is 368. The highest BCUT2D eigenvalue weighted by Gasteiger charge is 2.13. The van der Waals surface area contributed by atoms with Crippen LogP contribution in [0.3, 0.4) is 0 Å². The number of hydrogen-bond donors (Lipinski definition) is 1. The maximum absolute atomic E-state index is 6.32. The van der Waals surface area contributed by atoms with Gasteiger partial charge < -0.3 is 10.2 Å². The van der Waals surface area contributed by atoms with Crippen molar-refractivity contribution in [3.63, 3.8) is 0 Å². The monoisotopic (exact) mass is 269 g/mol. The fourth-order valence-corrected chi connectivity index (χ4v) is 2.24. The van der Waals surface area contributed by atoms with E-state index >= 15 is 0 Å². The summed E-state index contributed by atoms with van der Waals surface area (Å²) in [5.41, 5.74) is 1.13. The van der Waals surface area contributed by atoms with Crippen molar-refractivity contribution >= 4 is 17.4 Å². The van der Waals surface area contributed by atoms with Gasteiger partial charge in [0.1, 0.15) is 5.82 Å². The first kappa shape index (κ1) is 15.3. The summed E-state index contributed by atoms with van der Waals surface area (Å²) in [4.78, 5) is 6.64. The Kier molecular flexibility index (Phi) is 6.44. The van der Waals surface area contributed by atoms with E-state index in [1.54, 1.807) is 0 Å². The van der Waals surface area contributed by atoms with Crippen molar-refractivity contribution in [2.24, 2.45) is 0 Å². The minimum Gasteiger partial charge on any atom is -0.356 e. The van der Waals surface area contributed by atoms with Crippen LogP contribution in [-0.4, -0.2) is 24.6 Å². The van der Waals surface area contributed by atoms with E-state index < -0.39 is 0 Å². The van der Waals surface area contributed by atoms with Crippen molar-refractivity contribution < 1.29 is 0 Å². The smallest absolute Gasteiger partial charge is 0.147 e.